The van der Waals surface area contributed by atoms with Gasteiger partial charge in [0.25, 0.3) is 5.91 Å². The highest BCUT2D eigenvalue weighted by molar-refractivity contribution is 7.16. The Labute approximate surface area is 208 Å². The number of halogens is 4. The smallest absolute Gasteiger partial charge is 0.362 e. The van der Waals surface area contributed by atoms with Gasteiger partial charge in [-0.3, -0.25) is 4.79 Å². The van der Waals surface area contributed by atoms with Crippen LogP contribution in [0.4, 0.5) is 24.0 Å². The van der Waals surface area contributed by atoms with E-state index >= 15 is 0 Å². The van der Waals surface area contributed by atoms with Crippen molar-refractivity contribution in [2.24, 2.45) is 0 Å². The molecule has 35 heavy (non-hydrogen) atoms. The first-order valence-corrected chi connectivity index (χ1v) is 12.4. The first-order chi connectivity index (χ1) is 16.7. The molecule has 2 aliphatic rings. The molecular weight excluding hydrogens is 499 g/mol. The van der Waals surface area contributed by atoms with Gasteiger partial charge >= 0.3 is 6.18 Å². The van der Waals surface area contributed by atoms with Crippen LogP contribution in [-0.4, -0.2) is 21.9 Å². The summed E-state index contributed by atoms with van der Waals surface area (Å²) in [7, 11) is 0. The Hall–Kier alpha value is -3.03. The third kappa shape index (κ3) is 4.28. The molecule has 0 bridgehead atoms. The van der Waals surface area contributed by atoms with Crippen molar-refractivity contribution in [1.82, 2.24) is 9.78 Å². The van der Waals surface area contributed by atoms with Gasteiger partial charge in [-0.25, -0.2) is 4.68 Å². The van der Waals surface area contributed by atoms with Gasteiger partial charge in [0.15, 0.2) is 11.7 Å². The van der Waals surface area contributed by atoms with Crippen molar-refractivity contribution in [2.75, 3.05) is 10.6 Å². The fourth-order valence-corrected chi connectivity index (χ4v) is 6.19. The van der Waals surface area contributed by atoms with Gasteiger partial charge in [-0.2, -0.15) is 23.5 Å². The number of fused-ring (bicyclic) bond motifs is 2. The molecule has 3 heterocycles. The van der Waals surface area contributed by atoms with E-state index in [0.717, 1.165) is 46.4 Å². The minimum Gasteiger partial charge on any atom is -0.362 e. The molecule has 0 saturated carbocycles. The second kappa shape index (κ2) is 8.88. The summed E-state index contributed by atoms with van der Waals surface area (Å²) >= 11 is 7.76. The predicted octanol–water partition coefficient (Wildman–Crippen LogP) is 6.57. The molecule has 0 fully saturated rings. The number of benzene rings is 1. The molecule has 1 aromatic carbocycles. The molecule has 6 nitrogen and oxygen atoms in total. The molecule has 2 unspecified atom stereocenters. The zero-order valence-electron chi connectivity index (χ0n) is 18.7. The number of anilines is 2. The number of hydrogen-bond donors (Lipinski definition) is 2. The number of amides is 1. The zero-order valence-corrected chi connectivity index (χ0v) is 20.2. The molecular formula is C24H21ClF3N5OS. The first-order valence-electron chi connectivity index (χ1n) is 11.2. The number of nitrogens with zero attached hydrogens (tertiary/aromatic N) is 3. The van der Waals surface area contributed by atoms with E-state index in [9.17, 15) is 23.2 Å². The van der Waals surface area contributed by atoms with Crippen LogP contribution in [-0.2, 0) is 12.8 Å². The summed E-state index contributed by atoms with van der Waals surface area (Å²) in [6, 6.07) is 6.76. The first kappa shape index (κ1) is 23.7. The van der Waals surface area contributed by atoms with E-state index in [0.29, 0.717) is 16.1 Å². The topological polar surface area (TPSA) is 82.7 Å². The highest BCUT2D eigenvalue weighted by Gasteiger charge is 2.48. The van der Waals surface area contributed by atoms with Gasteiger partial charge < -0.3 is 10.6 Å². The Morgan fingerprint density at radius 2 is 2.00 bits per heavy atom. The maximum absolute atomic E-state index is 14.0. The molecule has 0 spiro atoms. The molecule has 2 aromatic heterocycles. The highest BCUT2D eigenvalue weighted by atomic mass is 35.5. The molecule has 1 aliphatic heterocycles. The summed E-state index contributed by atoms with van der Waals surface area (Å²) in [6.07, 6.45) is -1.31. The van der Waals surface area contributed by atoms with Crippen LogP contribution in [0.5, 0.6) is 0 Å². The third-order valence-electron chi connectivity index (χ3n) is 6.50. The van der Waals surface area contributed by atoms with Crippen molar-refractivity contribution in [2.45, 2.75) is 57.3 Å². The van der Waals surface area contributed by atoms with Crippen molar-refractivity contribution in [1.29, 1.82) is 5.26 Å². The second-order valence-corrected chi connectivity index (χ2v) is 10.3. The lowest BCUT2D eigenvalue weighted by atomic mass is 9.96. The predicted molar refractivity (Wildman–Crippen MR) is 128 cm³/mol. The van der Waals surface area contributed by atoms with Crippen LogP contribution in [0, 0.1) is 18.3 Å². The molecule has 11 heteroatoms. The average Bonchev–Trinajstić information content (AvgIpc) is 3.35. The maximum atomic E-state index is 14.0. The van der Waals surface area contributed by atoms with Gasteiger partial charge in [0.1, 0.15) is 21.9 Å². The Kier molecular flexibility index (Phi) is 6.01. The van der Waals surface area contributed by atoms with Crippen molar-refractivity contribution in [3.63, 3.8) is 0 Å². The summed E-state index contributed by atoms with van der Waals surface area (Å²) < 4.78 is 42.8. The lowest BCUT2D eigenvalue weighted by Crippen LogP contribution is -2.35. The maximum Gasteiger partial charge on any atom is 0.410 e. The van der Waals surface area contributed by atoms with Crippen LogP contribution in [0.25, 0.3) is 0 Å². The molecule has 5 rings (SSSR count). The van der Waals surface area contributed by atoms with E-state index in [4.69, 9.17) is 11.6 Å². The van der Waals surface area contributed by atoms with E-state index in [1.165, 1.54) is 11.3 Å². The number of aryl methyl sites for hydroxylation is 2. The van der Waals surface area contributed by atoms with Gasteiger partial charge in [-0.1, -0.05) is 41.4 Å². The Morgan fingerprint density at radius 3 is 2.69 bits per heavy atom. The van der Waals surface area contributed by atoms with Crippen LogP contribution in [0.3, 0.4) is 0 Å². The molecule has 2 atom stereocenters. The number of carbonyl (C=O) groups excluding carboxylic acids is 1. The van der Waals surface area contributed by atoms with Crippen LogP contribution < -0.4 is 10.6 Å². The lowest BCUT2D eigenvalue weighted by Gasteiger charge is -2.33. The normalized spacial score (nSPS) is 19.3. The van der Waals surface area contributed by atoms with Crippen molar-refractivity contribution in [3.8, 4) is 6.07 Å². The standard InChI is InChI=1S/C24H21ClF3N5OS/c1-12-6-8-13(9-7-12)16-10-18(24(26,27)28)33-21(30-16)19(25)20(32-33)22(34)31-23-15(11-29)14-4-2-3-5-17(14)35-23/h6-9,16,18,30H,2-5,10H2,1H3,(H,31,34). The SMILES string of the molecule is Cc1ccc(C2CC(C(F)(F)F)n3nc(C(=O)Nc4sc5c(c4C#N)CCCC5)c(Cl)c3N2)cc1. The highest BCUT2D eigenvalue weighted by Crippen LogP contribution is 2.46. The van der Waals surface area contributed by atoms with Crippen molar-refractivity contribution < 1.29 is 18.0 Å². The van der Waals surface area contributed by atoms with E-state index in [2.05, 4.69) is 21.8 Å². The molecule has 1 aliphatic carbocycles. The lowest BCUT2D eigenvalue weighted by molar-refractivity contribution is -0.173. The minimum atomic E-state index is -4.59. The summed E-state index contributed by atoms with van der Waals surface area (Å²) in [5.74, 6) is -0.802. The summed E-state index contributed by atoms with van der Waals surface area (Å²) in [6.45, 7) is 1.90. The summed E-state index contributed by atoms with van der Waals surface area (Å²) in [4.78, 5) is 14.1. The zero-order chi connectivity index (χ0) is 24.9. The van der Waals surface area contributed by atoms with E-state index in [1.54, 1.807) is 12.1 Å². The van der Waals surface area contributed by atoms with Gasteiger partial charge in [0.2, 0.25) is 0 Å². The van der Waals surface area contributed by atoms with E-state index < -0.39 is 24.2 Å². The minimum absolute atomic E-state index is 0.0538. The molecule has 3 aromatic rings. The quantitative estimate of drug-likeness (QED) is 0.410. The van der Waals surface area contributed by atoms with Crippen LogP contribution in [0.2, 0.25) is 5.02 Å². The summed E-state index contributed by atoms with van der Waals surface area (Å²) in [5, 5.41) is 19.5. The summed E-state index contributed by atoms with van der Waals surface area (Å²) in [5.41, 5.74) is 2.70. The van der Waals surface area contributed by atoms with Gasteiger partial charge in [-0.15, -0.1) is 11.3 Å². The van der Waals surface area contributed by atoms with Gasteiger partial charge in [0, 0.05) is 11.3 Å². The van der Waals surface area contributed by atoms with E-state index in [-0.39, 0.29) is 23.0 Å². The number of aromatic nitrogens is 2. The van der Waals surface area contributed by atoms with Crippen LogP contribution in [0.15, 0.2) is 24.3 Å². The van der Waals surface area contributed by atoms with Crippen LogP contribution in [0.1, 0.15) is 69.0 Å². The third-order valence-corrected chi connectivity index (χ3v) is 8.07. The fraction of sp³-hybridized carbons (Fsp3) is 0.375. The average molecular weight is 520 g/mol. The van der Waals surface area contributed by atoms with Gasteiger partial charge in [-0.05, 0) is 43.7 Å². The Balaban J connectivity index is 1.49. The van der Waals surface area contributed by atoms with Crippen molar-refractivity contribution >= 4 is 39.7 Å². The fourth-order valence-electron chi connectivity index (χ4n) is 4.69. The van der Waals surface area contributed by atoms with Gasteiger partial charge in [0.05, 0.1) is 11.6 Å². The number of hydrogen-bond acceptors (Lipinski definition) is 5. The number of nitrogens with one attached hydrogen (secondary N) is 2. The number of thiophene rings is 1. The van der Waals surface area contributed by atoms with Crippen LogP contribution >= 0.6 is 22.9 Å². The van der Waals surface area contributed by atoms with E-state index in [1.807, 2.05) is 19.1 Å². The molecule has 0 radical (unpaired) electrons. The largest absolute Gasteiger partial charge is 0.410 e. The second-order valence-electron chi connectivity index (χ2n) is 8.84. The van der Waals surface area contributed by atoms with Crippen molar-refractivity contribution in [3.05, 3.63) is 62.1 Å². The number of alkyl halides is 3. The Morgan fingerprint density at radius 1 is 1.29 bits per heavy atom. The number of carbonyl (C=O) groups is 1. The molecule has 1 amide bonds. The molecule has 2 N–H and O–H groups in total. The monoisotopic (exact) mass is 519 g/mol. The molecule has 182 valence electrons. The number of nitriles is 1. The Bertz CT molecular complexity index is 1340. The molecule has 0 saturated heterocycles. The number of rotatable bonds is 3.